The van der Waals surface area contributed by atoms with Crippen LogP contribution in [0.15, 0.2) is 76.7 Å². The molecule has 0 unspecified atom stereocenters. The lowest BCUT2D eigenvalue weighted by Gasteiger charge is -2.10. The summed E-state index contributed by atoms with van der Waals surface area (Å²) >= 11 is 1.37. The van der Waals surface area contributed by atoms with Crippen molar-refractivity contribution in [2.45, 2.75) is 20.3 Å². The van der Waals surface area contributed by atoms with Gasteiger partial charge in [0, 0.05) is 6.42 Å². The van der Waals surface area contributed by atoms with Crippen LogP contribution in [-0.4, -0.2) is 35.5 Å². The van der Waals surface area contributed by atoms with E-state index in [0.717, 1.165) is 38.8 Å². The number of amides is 1. The number of aryl methyl sites for hydroxylation is 2. The van der Waals surface area contributed by atoms with Gasteiger partial charge >= 0.3 is 5.97 Å². The van der Waals surface area contributed by atoms with Crippen molar-refractivity contribution < 1.29 is 14.3 Å². The predicted molar refractivity (Wildman–Crippen MR) is 139 cm³/mol. The van der Waals surface area contributed by atoms with E-state index >= 15 is 0 Å². The zero-order valence-electron chi connectivity index (χ0n) is 19.3. The van der Waals surface area contributed by atoms with Gasteiger partial charge < -0.3 is 10.1 Å². The molecule has 0 bridgehead atoms. The first-order valence-corrected chi connectivity index (χ1v) is 11.8. The summed E-state index contributed by atoms with van der Waals surface area (Å²) < 4.78 is 4.80. The molecule has 172 valence electrons. The molecule has 7 heteroatoms. The molecule has 0 saturated carbocycles. The lowest BCUT2D eigenvalue weighted by atomic mass is 10.1. The van der Waals surface area contributed by atoms with Crippen molar-refractivity contribution in [1.29, 1.82) is 0 Å². The Labute approximate surface area is 203 Å². The number of para-hydroxylation sites is 1. The summed E-state index contributed by atoms with van der Waals surface area (Å²) in [4.78, 5) is 34.5. The van der Waals surface area contributed by atoms with Crippen LogP contribution < -0.4 is 5.32 Å². The Kier molecular flexibility index (Phi) is 7.23. The summed E-state index contributed by atoms with van der Waals surface area (Å²) in [5.74, 6) is -0.578. The number of carbonyl (C=O) groups is 2. The molecule has 1 aliphatic heterocycles. The third-order valence-electron chi connectivity index (χ3n) is 5.49. The smallest absolute Gasteiger partial charge is 0.339 e. The summed E-state index contributed by atoms with van der Waals surface area (Å²) in [7, 11) is 1.31. The zero-order valence-corrected chi connectivity index (χ0v) is 20.1. The van der Waals surface area contributed by atoms with Gasteiger partial charge in [0.05, 0.1) is 46.2 Å². The molecule has 0 radical (unpaired) electrons. The van der Waals surface area contributed by atoms with Crippen LogP contribution in [0, 0.1) is 13.8 Å². The number of rotatable bonds is 5. The van der Waals surface area contributed by atoms with Crippen molar-refractivity contribution in [2.75, 3.05) is 18.2 Å². The fraction of sp³-hybridized carbons (Fsp3) is 0.185. The molecule has 3 aromatic rings. The first-order valence-electron chi connectivity index (χ1n) is 10.9. The molecular weight excluding hydrogens is 446 g/mol. The number of ether oxygens (including phenoxy) is 1. The van der Waals surface area contributed by atoms with Crippen LogP contribution in [-0.2, 0) is 9.53 Å². The average molecular weight is 472 g/mol. The van der Waals surface area contributed by atoms with Gasteiger partial charge in [-0.1, -0.05) is 42.5 Å². The third kappa shape index (κ3) is 5.43. The Hall–Kier alpha value is -3.71. The molecule has 3 aromatic carbocycles. The van der Waals surface area contributed by atoms with Gasteiger partial charge in [0.1, 0.15) is 0 Å². The van der Waals surface area contributed by atoms with Crippen LogP contribution >= 0.6 is 11.8 Å². The largest absolute Gasteiger partial charge is 0.465 e. The van der Waals surface area contributed by atoms with E-state index in [-0.39, 0.29) is 11.7 Å². The fourth-order valence-electron chi connectivity index (χ4n) is 3.56. The summed E-state index contributed by atoms with van der Waals surface area (Å²) in [6.07, 6.45) is 0.521. The van der Waals surface area contributed by atoms with Crippen molar-refractivity contribution in [1.82, 2.24) is 0 Å². The summed E-state index contributed by atoms with van der Waals surface area (Å²) in [6.45, 7) is 4.12. The standard InChI is InChI=1S/C27H25N3O3S/c1-17-13-23-24(14-18(17)2)30-26(15-22(28-23)19-9-5-4-6-10-19)34-16-25(31)29-21-12-8-7-11-20(21)27(32)33-3/h4-14H,15-16H2,1-3H3,(H,29,31). The fourth-order valence-corrected chi connectivity index (χ4v) is 4.33. The monoisotopic (exact) mass is 471 g/mol. The number of methoxy groups -OCH3 is 1. The number of hydrogen-bond donors (Lipinski definition) is 1. The molecule has 1 amide bonds. The summed E-state index contributed by atoms with van der Waals surface area (Å²) in [6, 6.07) is 20.9. The Morgan fingerprint density at radius 3 is 2.29 bits per heavy atom. The van der Waals surface area contributed by atoms with Crippen LogP contribution in [0.25, 0.3) is 0 Å². The third-order valence-corrected chi connectivity index (χ3v) is 6.47. The molecule has 0 aliphatic carbocycles. The highest BCUT2D eigenvalue weighted by molar-refractivity contribution is 8.14. The number of nitrogens with zero attached hydrogens (tertiary/aromatic N) is 2. The number of aliphatic imine (C=N–C) groups is 2. The van der Waals surface area contributed by atoms with E-state index in [9.17, 15) is 9.59 Å². The van der Waals surface area contributed by atoms with E-state index in [1.54, 1.807) is 24.3 Å². The number of nitrogens with one attached hydrogen (secondary N) is 1. The van der Waals surface area contributed by atoms with Gasteiger partial charge in [-0.15, -0.1) is 11.8 Å². The van der Waals surface area contributed by atoms with E-state index in [1.165, 1.54) is 18.9 Å². The lowest BCUT2D eigenvalue weighted by Crippen LogP contribution is -2.18. The van der Waals surface area contributed by atoms with Crippen molar-refractivity contribution in [2.24, 2.45) is 9.98 Å². The Bertz CT molecular complexity index is 1300. The minimum atomic E-state index is -0.498. The van der Waals surface area contributed by atoms with Crippen molar-refractivity contribution >= 4 is 51.5 Å². The number of anilines is 1. The maximum atomic E-state index is 12.7. The Morgan fingerprint density at radius 2 is 1.59 bits per heavy atom. The second kappa shape index (κ2) is 10.5. The predicted octanol–water partition coefficient (Wildman–Crippen LogP) is 6.02. The average Bonchev–Trinajstić information content (AvgIpc) is 3.02. The van der Waals surface area contributed by atoms with E-state index in [1.807, 2.05) is 36.4 Å². The quantitative estimate of drug-likeness (QED) is 0.462. The molecule has 1 aliphatic rings. The van der Waals surface area contributed by atoms with Gasteiger partial charge in [0.15, 0.2) is 0 Å². The molecule has 1 heterocycles. The van der Waals surface area contributed by atoms with Gasteiger partial charge in [-0.3, -0.25) is 9.79 Å². The second-order valence-corrected chi connectivity index (χ2v) is 8.95. The molecule has 0 aromatic heterocycles. The molecule has 0 saturated heterocycles. The number of thioether (sulfide) groups is 1. The summed E-state index contributed by atoms with van der Waals surface area (Å²) in [5.41, 5.74) is 6.59. The second-order valence-electron chi connectivity index (χ2n) is 7.91. The molecule has 0 atom stereocenters. The first kappa shape index (κ1) is 23.4. The van der Waals surface area contributed by atoms with Crippen LogP contribution in [0.5, 0.6) is 0 Å². The van der Waals surface area contributed by atoms with Crippen LogP contribution in [0.2, 0.25) is 0 Å². The molecule has 0 fully saturated rings. The highest BCUT2D eigenvalue weighted by Gasteiger charge is 2.18. The normalized spacial score (nSPS) is 12.7. The topological polar surface area (TPSA) is 80.1 Å². The molecule has 34 heavy (non-hydrogen) atoms. The van der Waals surface area contributed by atoms with Crippen molar-refractivity contribution in [3.8, 4) is 0 Å². The van der Waals surface area contributed by atoms with Gasteiger partial charge in [0.2, 0.25) is 5.91 Å². The maximum Gasteiger partial charge on any atom is 0.339 e. The number of esters is 1. The van der Waals surface area contributed by atoms with Crippen molar-refractivity contribution in [3.63, 3.8) is 0 Å². The van der Waals surface area contributed by atoms with Crippen molar-refractivity contribution in [3.05, 3.63) is 89.0 Å². The highest BCUT2D eigenvalue weighted by Crippen LogP contribution is 2.36. The lowest BCUT2D eigenvalue weighted by molar-refractivity contribution is -0.113. The molecule has 6 nitrogen and oxygen atoms in total. The van der Waals surface area contributed by atoms with E-state index in [0.29, 0.717) is 17.7 Å². The van der Waals surface area contributed by atoms with Crippen LogP contribution in [0.1, 0.15) is 33.5 Å². The maximum absolute atomic E-state index is 12.7. The Morgan fingerprint density at radius 1 is 0.941 bits per heavy atom. The Balaban J connectivity index is 1.56. The van der Waals surface area contributed by atoms with Crippen LogP contribution in [0.4, 0.5) is 17.1 Å². The minimum Gasteiger partial charge on any atom is -0.465 e. The summed E-state index contributed by atoms with van der Waals surface area (Å²) in [5, 5.41) is 3.62. The SMILES string of the molecule is COC(=O)c1ccccc1NC(=O)CSC1=Nc2cc(C)c(C)cc2N=C(c2ccccc2)C1. The molecule has 0 spiro atoms. The van der Waals surface area contributed by atoms with Gasteiger partial charge in [-0.2, -0.15) is 0 Å². The number of fused-ring (bicyclic) bond motifs is 1. The first-order chi connectivity index (χ1) is 16.4. The van der Waals surface area contributed by atoms with E-state index in [2.05, 4.69) is 25.2 Å². The van der Waals surface area contributed by atoms with E-state index < -0.39 is 5.97 Å². The minimum absolute atomic E-state index is 0.149. The van der Waals surface area contributed by atoms with Gasteiger partial charge in [-0.25, -0.2) is 9.79 Å². The number of carbonyl (C=O) groups excluding carboxylic acids is 2. The number of hydrogen-bond acceptors (Lipinski definition) is 6. The molecular formula is C27H25N3O3S. The molecule has 4 rings (SSSR count). The van der Waals surface area contributed by atoms with Gasteiger partial charge in [0.25, 0.3) is 0 Å². The van der Waals surface area contributed by atoms with Gasteiger partial charge in [-0.05, 0) is 54.8 Å². The zero-order chi connectivity index (χ0) is 24.1. The number of benzene rings is 3. The molecule has 1 N–H and O–H groups in total. The van der Waals surface area contributed by atoms with E-state index in [4.69, 9.17) is 14.7 Å². The van der Waals surface area contributed by atoms with Crippen LogP contribution in [0.3, 0.4) is 0 Å². The highest BCUT2D eigenvalue weighted by atomic mass is 32.2.